The second-order valence-electron chi connectivity index (χ2n) is 6.23. The predicted octanol–water partition coefficient (Wildman–Crippen LogP) is 3.43. The number of carbonyl (C=O) groups is 1. The third-order valence-electron chi connectivity index (χ3n) is 3.98. The fourth-order valence-corrected chi connectivity index (χ4v) is 4.22. The van der Waals surface area contributed by atoms with E-state index in [1.165, 1.54) is 35.9 Å². The third kappa shape index (κ3) is 5.69. The van der Waals surface area contributed by atoms with Gasteiger partial charge in [0, 0.05) is 29.0 Å². The quantitative estimate of drug-likeness (QED) is 0.669. The number of anilines is 1. The van der Waals surface area contributed by atoms with Crippen LogP contribution in [0, 0.1) is 6.92 Å². The average Bonchev–Trinajstić information content (AvgIpc) is 3.24. The van der Waals surface area contributed by atoms with Crippen LogP contribution in [0.2, 0.25) is 0 Å². The molecule has 0 aromatic carbocycles. The highest BCUT2D eigenvalue weighted by Gasteiger charge is 2.18. The highest BCUT2D eigenvalue weighted by molar-refractivity contribution is 7.99. The number of rotatable bonds is 8. The molecule has 140 valence electrons. The summed E-state index contributed by atoms with van der Waals surface area (Å²) in [5.41, 5.74) is 0.659. The maximum absolute atomic E-state index is 12.3. The second-order valence-corrected chi connectivity index (χ2v) is 8.58. The Hall–Kier alpha value is -1.64. The molecule has 26 heavy (non-hydrogen) atoms. The van der Waals surface area contributed by atoms with Crippen molar-refractivity contribution in [3.05, 3.63) is 28.9 Å². The van der Waals surface area contributed by atoms with Crippen molar-refractivity contribution in [1.82, 2.24) is 9.97 Å². The number of aryl methyl sites for hydroxylation is 1. The van der Waals surface area contributed by atoms with Crippen LogP contribution in [0.1, 0.15) is 36.3 Å². The highest BCUT2D eigenvalue weighted by Crippen LogP contribution is 2.28. The zero-order chi connectivity index (χ0) is 18.4. The van der Waals surface area contributed by atoms with E-state index in [2.05, 4.69) is 15.3 Å². The van der Waals surface area contributed by atoms with Crippen LogP contribution in [0.3, 0.4) is 0 Å². The summed E-state index contributed by atoms with van der Waals surface area (Å²) in [5.74, 6) is 1.16. The van der Waals surface area contributed by atoms with Gasteiger partial charge in [0.15, 0.2) is 5.13 Å². The molecule has 1 amide bonds. The average molecular weight is 394 g/mol. The summed E-state index contributed by atoms with van der Waals surface area (Å²) in [6.07, 6.45) is 6.68. The van der Waals surface area contributed by atoms with E-state index < -0.39 is 0 Å². The number of pyridine rings is 1. The third-order valence-corrected chi connectivity index (χ3v) is 5.70. The fourth-order valence-electron chi connectivity index (χ4n) is 2.86. The van der Waals surface area contributed by atoms with Crippen molar-refractivity contribution in [3.63, 3.8) is 0 Å². The van der Waals surface area contributed by atoms with Gasteiger partial charge in [-0.3, -0.25) is 4.79 Å². The van der Waals surface area contributed by atoms with Gasteiger partial charge < -0.3 is 15.2 Å². The Balaban J connectivity index is 1.69. The Morgan fingerprint density at radius 1 is 1.42 bits per heavy atom. The van der Waals surface area contributed by atoms with E-state index in [4.69, 9.17) is 9.84 Å². The Kier molecular flexibility index (Phi) is 6.87. The number of carbonyl (C=O) groups excluding carboxylic acids is 1. The molecule has 0 aliphatic heterocycles. The van der Waals surface area contributed by atoms with Crippen LogP contribution >= 0.6 is 23.1 Å². The van der Waals surface area contributed by atoms with Crippen LogP contribution in [-0.2, 0) is 11.2 Å². The van der Waals surface area contributed by atoms with Gasteiger partial charge in [-0.25, -0.2) is 9.97 Å². The normalized spacial score (nSPS) is 14.5. The molecular weight excluding hydrogens is 370 g/mol. The maximum Gasteiger partial charge on any atom is 0.232 e. The summed E-state index contributed by atoms with van der Waals surface area (Å²) in [4.78, 5) is 22.0. The zero-order valence-electron chi connectivity index (χ0n) is 14.7. The molecule has 1 saturated carbocycles. The lowest BCUT2D eigenvalue weighted by molar-refractivity contribution is -0.115. The number of thioether (sulfide) groups is 1. The molecule has 2 aromatic heterocycles. The molecule has 6 nitrogen and oxygen atoms in total. The van der Waals surface area contributed by atoms with E-state index in [1.807, 2.05) is 19.1 Å². The molecule has 0 saturated heterocycles. The van der Waals surface area contributed by atoms with Crippen molar-refractivity contribution < 1.29 is 14.6 Å². The number of aromatic nitrogens is 2. The van der Waals surface area contributed by atoms with Crippen LogP contribution < -0.4 is 10.1 Å². The first kappa shape index (κ1) is 19.1. The molecule has 0 spiro atoms. The monoisotopic (exact) mass is 393 g/mol. The van der Waals surface area contributed by atoms with E-state index in [1.54, 1.807) is 6.20 Å². The minimum Gasteiger partial charge on any atom is -0.490 e. The minimum atomic E-state index is -0.150. The summed E-state index contributed by atoms with van der Waals surface area (Å²) in [7, 11) is 0. The number of nitrogens with one attached hydrogen (secondary N) is 1. The van der Waals surface area contributed by atoms with E-state index >= 15 is 0 Å². The minimum absolute atomic E-state index is 0.0826. The lowest BCUT2D eigenvalue weighted by Gasteiger charge is -2.15. The topological polar surface area (TPSA) is 84.3 Å². The molecule has 2 heterocycles. The predicted molar refractivity (Wildman–Crippen MR) is 104 cm³/mol. The van der Waals surface area contributed by atoms with Gasteiger partial charge in [0.1, 0.15) is 10.8 Å². The molecule has 8 heteroatoms. The molecule has 3 rings (SSSR count). The molecule has 2 aromatic rings. The first-order valence-electron chi connectivity index (χ1n) is 8.76. The van der Waals surface area contributed by atoms with Gasteiger partial charge in [-0.15, -0.1) is 23.1 Å². The van der Waals surface area contributed by atoms with E-state index in [-0.39, 0.29) is 25.0 Å². The number of hydrogen-bond acceptors (Lipinski definition) is 7. The van der Waals surface area contributed by atoms with Gasteiger partial charge in [-0.05, 0) is 32.6 Å². The fraction of sp³-hybridized carbons (Fsp3) is 0.500. The van der Waals surface area contributed by atoms with Crippen LogP contribution in [-0.4, -0.2) is 39.4 Å². The van der Waals surface area contributed by atoms with Crippen LogP contribution in [0.25, 0.3) is 0 Å². The number of nitrogens with zero attached hydrogens (tertiary/aromatic N) is 2. The number of thiazole rings is 1. The van der Waals surface area contributed by atoms with Gasteiger partial charge >= 0.3 is 0 Å². The standard InChI is InChI=1S/C18H23N3O3S2/c1-12-11-19-18(26-12)21-16(23)9-13-8-15(24-14-4-2-3-5-14)10-17(20-13)25-7-6-22/h8,10-11,14,22H,2-7,9H2,1H3,(H,19,21,23). The van der Waals surface area contributed by atoms with Crippen molar-refractivity contribution in [3.8, 4) is 5.75 Å². The molecular formula is C18H23N3O3S2. The molecule has 1 aliphatic rings. The maximum atomic E-state index is 12.3. The number of aliphatic hydroxyl groups excluding tert-OH is 1. The zero-order valence-corrected chi connectivity index (χ0v) is 16.4. The highest BCUT2D eigenvalue weighted by atomic mass is 32.2. The Labute approximate surface area is 161 Å². The van der Waals surface area contributed by atoms with Crippen molar-refractivity contribution >= 4 is 34.1 Å². The molecule has 0 atom stereocenters. The number of aliphatic hydroxyl groups is 1. The molecule has 1 fully saturated rings. The lowest BCUT2D eigenvalue weighted by Crippen LogP contribution is -2.16. The summed E-state index contributed by atoms with van der Waals surface area (Å²) in [6.45, 7) is 2.03. The van der Waals surface area contributed by atoms with E-state index in [9.17, 15) is 4.79 Å². The summed E-state index contributed by atoms with van der Waals surface area (Å²) in [6, 6.07) is 3.73. The largest absolute Gasteiger partial charge is 0.490 e. The van der Waals surface area contributed by atoms with Gasteiger partial charge in [0.05, 0.1) is 24.8 Å². The molecule has 0 bridgehead atoms. The molecule has 1 aliphatic carbocycles. The number of ether oxygens (including phenoxy) is 1. The first-order valence-corrected chi connectivity index (χ1v) is 10.6. The SMILES string of the molecule is Cc1cnc(NC(=O)Cc2cc(OC3CCCC3)cc(SCCO)n2)s1. The van der Waals surface area contributed by atoms with Gasteiger partial charge in [-0.1, -0.05) is 0 Å². The molecule has 2 N–H and O–H groups in total. The van der Waals surface area contributed by atoms with Gasteiger partial charge in [0.2, 0.25) is 5.91 Å². The van der Waals surface area contributed by atoms with Crippen LogP contribution in [0.4, 0.5) is 5.13 Å². The van der Waals surface area contributed by atoms with Crippen molar-refractivity contribution in [1.29, 1.82) is 0 Å². The Bertz CT molecular complexity index is 745. The first-order chi connectivity index (χ1) is 12.6. The second kappa shape index (κ2) is 9.34. The lowest BCUT2D eigenvalue weighted by atomic mass is 10.2. The Morgan fingerprint density at radius 3 is 2.92 bits per heavy atom. The van der Waals surface area contributed by atoms with Gasteiger partial charge in [-0.2, -0.15) is 0 Å². The smallest absolute Gasteiger partial charge is 0.232 e. The summed E-state index contributed by atoms with van der Waals surface area (Å²) in [5, 5.41) is 13.2. The summed E-state index contributed by atoms with van der Waals surface area (Å²) < 4.78 is 6.08. The number of hydrogen-bond donors (Lipinski definition) is 2. The van der Waals surface area contributed by atoms with Crippen LogP contribution in [0.15, 0.2) is 23.4 Å². The van der Waals surface area contributed by atoms with Gasteiger partial charge in [0.25, 0.3) is 0 Å². The molecule has 0 unspecified atom stereocenters. The van der Waals surface area contributed by atoms with Crippen molar-refractivity contribution in [2.75, 3.05) is 17.7 Å². The summed E-state index contributed by atoms with van der Waals surface area (Å²) >= 11 is 2.90. The Morgan fingerprint density at radius 2 is 2.23 bits per heavy atom. The number of amides is 1. The van der Waals surface area contributed by atoms with Crippen LogP contribution in [0.5, 0.6) is 5.75 Å². The van der Waals surface area contributed by atoms with E-state index in [0.717, 1.165) is 28.5 Å². The van der Waals surface area contributed by atoms with Crippen molar-refractivity contribution in [2.24, 2.45) is 0 Å². The molecule has 0 radical (unpaired) electrons. The van der Waals surface area contributed by atoms with E-state index in [0.29, 0.717) is 16.6 Å². The van der Waals surface area contributed by atoms with Crippen molar-refractivity contribution in [2.45, 2.75) is 50.2 Å².